The Balaban J connectivity index is 2.33. The highest BCUT2D eigenvalue weighted by Gasteiger charge is 2.16. The van der Waals surface area contributed by atoms with E-state index in [0.29, 0.717) is 5.02 Å². The molecule has 5 heteroatoms. The van der Waals surface area contributed by atoms with Crippen molar-refractivity contribution in [2.24, 2.45) is 0 Å². The van der Waals surface area contributed by atoms with Gasteiger partial charge in [0.05, 0.1) is 12.6 Å². The molecule has 1 atom stereocenters. The Bertz CT molecular complexity index is 606. The maximum absolute atomic E-state index is 9.48. The van der Waals surface area contributed by atoms with E-state index in [1.54, 1.807) is 6.20 Å². The van der Waals surface area contributed by atoms with Crippen LogP contribution in [0, 0.1) is 0 Å². The third-order valence-electron chi connectivity index (χ3n) is 3.33. The smallest absolute Gasteiger partial charge is 0.134 e. The highest BCUT2D eigenvalue weighted by atomic mass is 79.9. The average molecular weight is 356 g/mol. The Morgan fingerprint density at radius 1 is 1.40 bits per heavy atom. The van der Waals surface area contributed by atoms with Crippen molar-refractivity contribution in [3.63, 3.8) is 0 Å². The molecule has 1 unspecified atom stereocenters. The van der Waals surface area contributed by atoms with Gasteiger partial charge in [0.2, 0.25) is 0 Å². The van der Waals surface area contributed by atoms with E-state index in [1.807, 2.05) is 42.3 Å². The largest absolute Gasteiger partial charge is 0.392 e. The lowest BCUT2D eigenvalue weighted by Gasteiger charge is -2.28. The second-order valence-corrected chi connectivity index (χ2v) is 5.99. The molecule has 0 bridgehead atoms. The van der Waals surface area contributed by atoms with Gasteiger partial charge in [0.1, 0.15) is 5.82 Å². The molecular formula is C15H16BrClN2O. The fraction of sp³-hybridized carbons (Fsp3) is 0.267. The van der Waals surface area contributed by atoms with Gasteiger partial charge in [-0.25, -0.2) is 4.98 Å². The van der Waals surface area contributed by atoms with E-state index < -0.39 is 0 Å². The second kappa shape index (κ2) is 6.57. The maximum atomic E-state index is 9.48. The van der Waals surface area contributed by atoms with Gasteiger partial charge in [-0.3, -0.25) is 0 Å². The summed E-state index contributed by atoms with van der Waals surface area (Å²) in [5, 5.41) is 10.2. The zero-order chi connectivity index (χ0) is 14.7. The first-order chi connectivity index (χ1) is 9.52. The van der Waals surface area contributed by atoms with Crippen LogP contribution in [0.4, 0.5) is 5.82 Å². The van der Waals surface area contributed by atoms with Gasteiger partial charge in [-0.1, -0.05) is 23.7 Å². The number of anilines is 1. The molecule has 0 radical (unpaired) electrons. The van der Waals surface area contributed by atoms with Crippen LogP contribution in [0.25, 0.3) is 0 Å². The number of aromatic nitrogens is 1. The van der Waals surface area contributed by atoms with E-state index in [0.717, 1.165) is 21.4 Å². The summed E-state index contributed by atoms with van der Waals surface area (Å²) in [6, 6.07) is 9.75. The van der Waals surface area contributed by atoms with Crippen LogP contribution in [0.2, 0.25) is 5.02 Å². The molecule has 1 aromatic heterocycles. The van der Waals surface area contributed by atoms with Crippen molar-refractivity contribution in [3.05, 3.63) is 57.2 Å². The van der Waals surface area contributed by atoms with Crippen molar-refractivity contribution in [1.82, 2.24) is 4.98 Å². The van der Waals surface area contributed by atoms with E-state index in [2.05, 4.69) is 27.8 Å². The summed E-state index contributed by atoms with van der Waals surface area (Å²) in [5.74, 6) is 0.767. The minimum Gasteiger partial charge on any atom is -0.392 e. The van der Waals surface area contributed by atoms with E-state index in [9.17, 15) is 5.11 Å². The third kappa shape index (κ3) is 3.32. The topological polar surface area (TPSA) is 36.4 Å². The average Bonchev–Trinajstić information content (AvgIpc) is 2.45. The first-order valence-corrected chi connectivity index (χ1v) is 7.43. The summed E-state index contributed by atoms with van der Waals surface area (Å²) in [6.45, 7) is 2.03. The molecule has 1 heterocycles. The Morgan fingerprint density at radius 3 is 2.80 bits per heavy atom. The number of aliphatic hydroxyl groups is 1. The van der Waals surface area contributed by atoms with Crippen molar-refractivity contribution in [2.45, 2.75) is 19.6 Å². The minimum atomic E-state index is -0.0472. The van der Waals surface area contributed by atoms with Crippen molar-refractivity contribution in [1.29, 1.82) is 0 Å². The summed E-state index contributed by atoms with van der Waals surface area (Å²) in [7, 11) is 1.96. The van der Waals surface area contributed by atoms with E-state index in [4.69, 9.17) is 11.6 Å². The van der Waals surface area contributed by atoms with Crippen molar-refractivity contribution < 1.29 is 5.11 Å². The monoisotopic (exact) mass is 354 g/mol. The second-order valence-electron chi connectivity index (χ2n) is 4.64. The number of benzene rings is 1. The van der Waals surface area contributed by atoms with Crippen molar-refractivity contribution in [3.8, 4) is 0 Å². The van der Waals surface area contributed by atoms with Crippen LogP contribution in [0.15, 0.2) is 41.0 Å². The van der Waals surface area contributed by atoms with Crippen molar-refractivity contribution in [2.75, 3.05) is 11.9 Å². The standard InChI is InChI=1S/C15H16BrClN2O/c1-10(11-4-3-5-14(17)7-11)19(2)15-12(9-20)6-13(16)8-18-15/h3-8,10,20H,9H2,1-2H3. The highest BCUT2D eigenvalue weighted by molar-refractivity contribution is 9.10. The van der Waals surface area contributed by atoms with Gasteiger partial charge in [0.15, 0.2) is 0 Å². The molecule has 3 nitrogen and oxygen atoms in total. The normalized spacial score (nSPS) is 12.2. The molecule has 0 aliphatic carbocycles. The zero-order valence-corrected chi connectivity index (χ0v) is 13.7. The molecule has 1 aromatic carbocycles. The van der Waals surface area contributed by atoms with Gasteiger partial charge < -0.3 is 10.0 Å². The molecule has 2 rings (SSSR count). The predicted octanol–water partition coefficient (Wildman–Crippen LogP) is 4.19. The van der Waals surface area contributed by atoms with Gasteiger partial charge in [-0.05, 0) is 46.6 Å². The predicted molar refractivity (Wildman–Crippen MR) is 86.1 cm³/mol. The molecule has 0 saturated carbocycles. The van der Waals surface area contributed by atoms with Crippen molar-refractivity contribution >= 4 is 33.3 Å². The van der Waals surface area contributed by atoms with Crippen LogP contribution < -0.4 is 4.90 Å². The van der Waals surface area contributed by atoms with Gasteiger partial charge in [0.25, 0.3) is 0 Å². The van der Waals surface area contributed by atoms with Gasteiger partial charge >= 0.3 is 0 Å². The van der Waals surface area contributed by atoms with Crippen LogP contribution in [0.3, 0.4) is 0 Å². The summed E-state index contributed by atoms with van der Waals surface area (Å²) in [6.07, 6.45) is 1.73. The quantitative estimate of drug-likeness (QED) is 0.893. The van der Waals surface area contributed by atoms with E-state index in [1.165, 1.54) is 0 Å². The molecule has 1 N–H and O–H groups in total. The Kier molecular flexibility index (Phi) is 5.02. The van der Waals surface area contributed by atoms with Gasteiger partial charge in [-0.15, -0.1) is 0 Å². The number of pyridine rings is 1. The molecule has 2 aromatic rings. The van der Waals surface area contributed by atoms with Crippen LogP contribution in [0.5, 0.6) is 0 Å². The van der Waals surface area contributed by atoms with E-state index in [-0.39, 0.29) is 12.6 Å². The summed E-state index contributed by atoms with van der Waals surface area (Å²) in [4.78, 5) is 6.44. The lowest BCUT2D eigenvalue weighted by atomic mass is 10.1. The summed E-state index contributed by atoms with van der Waals surface area (Å²) in [5.41, 5.74) is 1.89. The minimum absolute atomic E-state index is 0.0472. The number of hydrogen-bond acceptors (Lipinski definition) is 3. The molecule has 0 saturated heterocycles. The van der Waals surface area contributed by atoms with Crippen LogP contribution in [0.1, 0.15) is 24.1 Å². The number of aliphatic hydroxyl groups excluding tert-OH is 1. The van der Waals surface area contributed by atoms with Crippen LogP contribution in [-0.4, -0.2) is 17.1 Å². The fourth-order valence-corrected chi connectivity index (χ4v) is 2.66. The fourth-order valence-electron chi connectivity index (χ4n) is 2.08. The van der Waals surface area contributed by atoms with Gasteiger partial charge in [-0.2, -0.15) is 0 Å². The van der Waals surface area contributed by atoms with Gasteiger partial charge in [0, 0.05) is 28.3 Å². The first-order valence-electron chi connectivity index (χ1n) is 6.26. The Labute approximate surface area is 132 Å². The lowest BCUT2D eigenvalue weighted by molar-refractivity contribution is 0.281. The Morgan fingerprint density at radius 2 is 2.15 bits per heavy atom. The van der Waals surface area contributed by atoms with E-state index >= 15 is 0 Å². The maximum Gasteiger partial charge on any atom is 0.134 e. The highest BCUT2D eigenvalue weighted by Crippen LogP contribution is 2.29. The number of halogens is 2. The summed E-state index contributed by atoms with van der Waals surface area (Å²) < 4.78 is 0.856. The third-order valence-corrected chi connectivity index (χ3v) is 3.99. The Hall–Kier alpha value is -1.10. The number of hydrogen-bond donors (Lipinski definition) is 1. The SMILES string of the molecule is CC(c1cccc(Cl)c1)N(C)c1ncc(Br)cc1CO. The first kappa shape index (κ1) is 15.3. The molecule has 106 valence electrons. The molecule has 0 aliphatic heterocycles. The molecule has 0 aliphatic rings. The molecule has 0 amide bonds. The molecule has 0 fully saturated rings. The molecule has 0 spiro atoms. The van der Waals surface area contributed by atoms with Crippen LogP contribution >= 0.6 is 27.5 Å². The van der Waals surface area contributed by atoms with Crippen LogP contribution in [-0.2, 0) is 6.61 Å². The number of nitrogens with zero attached hydrogens (tertiary/aromatic N) is 2. The number of rotatable bonds is 4. The molecule has 20 heavy (non-hydrogen) atoms. The summed E-state index contributed by atoms with van der Waals surface area (Å²) >= 11 is 9.41. The zero-order valence-electron chi connectivity index (χ0n) is 11.3. The molecular weight excluding hydrogens is 340 g/mol. The lowest BCUT2D eigenvalue weighted by Crippen LogP contribution is -2.24.